The number of hydrogen-bond donors (Lipinski definition) is 0. The van der Waals surface area contributed by atoms with Gasteiger partial charge in [0.25, 0.3) is 0 Å². The molecule has 0 nitrogen and oxygen atoms in total. The molecule has 1 aromatic rings. The number of hydrogen-bond acceptors (Lipinski definition) is 1. The fraction of sp³-hybridized carbons (Fsp3) is 0.111. The molecular formula is C9H10STe. The first-order valence-corrected chi connectivity index (χ1v) is 6.84. The average molecular weight is 278 g/mol. The van der Waals surface area contributed by atoms with Crippen molar-refractivity contribution in [2.45, 2.75) is 0 Å². The summed E-state index contributed by atoms with van der Waals surface area (Å²) >= 11 is 1.64. The van der Waals surface area contributed by atoms with Crippen LogP contribution in [-0.4, -0.2) is 27.2 Å². The second kappa shape index (κ2) is 4.87. The summed E-state index contributed by atoms with van der Waals surface area (Å²) in [5.74, 6) is 0. The van der Waals surface area contributed by atoms with Crippen LogP contribution >= 0.6 is 11.8 Å². The summed E-state index contributed by atoms with van der Waals surface area (Å²) in [4.78, 5) is 0. The predicted octanol–water partition coefficient (Wildman–Crippen LogP) is 1.85. The van der Waals surface area contributed by atoms with E-state index in [0.717, 1.165) is 0 Å². The normalized spacial score (nSPS) is 9.55. The Morgan fingerprint density at radius 3 is 2.55 bits per heavy atom. The Morgan fingerprint density at radius 2 is 2.00 bits per heavy atom. The monoisotopic (exact) mass is 280 g/mol. The predicted molar refractivity (Wildman–Crippen MR) is 54.5 cm³/mol. The molecule has 0 aromatic heterocycles. The molecule has 1 aromatic carbocycles. The zero-order valence-corrected chi connectivity index (χ0v) is 9.56. The van der Waals surface area contributed by atoms with Crippen molar-refractivity contribution in [3.05, 3.63) is 39.9 Å². The zero-order chi connectivity index (χ0) is 8.10. The summed E-state index contributed by atoms with van der Waals surface area (Å²) in [5.41, 5.74) is 0. The number of benzene rings is 1. The van der Waals surface area contributed by atoms with Crippen LogP contribution in [0.3, 0.4) is 0 Å². The summed E-state index contributed by atoms with van der Waals surface area (Å²) < 4.78 is 2.82. The van der Waals surface area contributed by atoms with Gasteiger partial charge in [0.2, 0.25) is 0 Å². The maximum absolute atomic E-state index is 3.99. The van der Waals surface area contributed by atoms with Crippen LogP contribution in [-0.2, 0) is 0 Å². The molecule has 0 saturated carbocycles. The van der Waals surface area contributed by atoms with Crippen LogP contribution < -0.4 is 3.61 Å². The van der Waals surface area contributed by atoms with Gasteiger partial charge in [0.1, 0.15) is 0 Å². The van der Waals surface area contributed by atoms with Gasteiger partial charge < -0.3 is 0 Å². The average Bonchev–Trinajstić information content (AvgIpc) is 2.06. The topological polar surface area (TPSA) is 0 Å². The van der Waals surface area contributed by atoms with E-state index in [0.29, 0.717) is 0 Å². The Morgan fingerprint density at radius 1 is 1.36 bits per heavy atom. The molecule has 0 amide bonds. The van der Waals surface area contributed by atoms with Crippen molar-refractivity contribution in [3.8, 4) is 0 Å². The SMILES string of the molecule is C=C(SC)[Te]c1ccccc1. The van der Waals surface area contributed by atoms with E-state index in [1.54, 1.807) is 11.8 Å². The third-order valence-corrected chi connectivity index (χ3v) is 5.74. The molecule has 58 valence electrons. The van der Waals surface area contributed by atoms with Crippen molar-refractivity contribution >= 4 is 36.3 Å². The Balaban J connectivity index is 2.58. The van der Waals surface area contributed by atoms with Crippen molar-refractivity contribution in [3.63, 3.8) is 0 Å². The van der Waals surface area contributed by atoms with Gasteiger partial charge in [-0.05, 0) is 0 Å². The summed E-state index contributed by atoms with van der Waals surface area (Å²) in [6.07, 6.45) is 2.09. The van der Waals surface area contributed by atoms with Gasteiger partial charge in [0.05, 0.1) is 0 Å². The van der Waals surface area contributed by atoms with Crippen molar-refractivity contribution in [2.75, 3.05) is 6.26 Å². The van der Waals surface area contributed by atoms with Gasteiger partial charge in [-0.25, -0.2) is 0 Å². The van der Waals surface area contributed by atoms with Crippen LogP contribution in [0.1, 0.15) is 0 Å². The minimum absolute atomic E-state index is 0.141. The van der Waals surface area contributed by atoms with Crippen LogP contribution in [0.15, 0.2) is 39.9 Å². The molecule has 0 aliphatic carbocycles. The fourth-order valence-corrected chi connectivity index (χ4v) is 3.69. The summed E-state index contributed by atoms with van der Waals surface area (Å²) in [6.45, 7) is 3.99. The van der Waals surface area contributed by atoms with E-state index in [4.69, 9.17) is 0 Å². The second-order valence-electron chi connectivity index (χ2n) is 1.99. The molecule has 1 rings (SSSR count). The van der Waals surface area contributed by atoms with Gasteiger partial charge in [-0.3, -0.25) is 0 Å². The van der Waals surface area contributed by atoms with Crippen LogP contribution in [0.25, 0.3) is 0 Å². The molecule has 0 atom stereocenters. The third kappa shape index (κ3) is 3.33. The molecule has 0 bridgehead atoms. The fourth-order valence-electron chi connectivity index (χ4n) is 0.662. The van der Waals surface area contributed by atoms with E-state index in [-0.39, 0.29) is 20.9 Å². The molecule has 2 heteroatoms. The molecule has 0 aliphatic rings. The standard InChI is InChI=1S/C9H10STe/c1-8(10-2)11-9-6-4-3-5-7-9/h3-7H,1H2,2H3. The van der Waals surface area contributed by atoms with Gasteiger partial charge >= 0.3 is 82.4 Å². The Labute approximate surface area is 82.2 Å². The Kier molecular flexibility index (Phi) is 4.07. The molecule has 11 heavy (non-hydrogen) atoms. The maximum atomic E-state index is 3.99. The van der Waals surface area contributed by atoms with Crippen molar-refractivity contribution < 1.29 is 0 Å². The second-order valence-corrected chi connectivity index (χ2v) is 7.03. The van der Waals surface area contributed by atoms with E-state index in [2.05, 4.69) is 43.2 Å². The van der Waals surface area contributed by atoms with Crippen molar-refractivity contribution in [1.29, 1.82) is 0 Å². The van der Waals surface area contributed by atoms with Crippen LogP contribution in [0, 0.1) is 0 Å². The van der Waals surface area contributed by atoms with E-state index >= 15 is 0 Å². The first-order valence-electron chi connectivity index (χ1n) is 3.28. The number of rotatable bonds is 3. The van der Waals surface area contributed by atoms with Gasteiger partial charge in [-0.15, -0.1) is 0 Å². The van der Waals surface area contributed by atoms with Crippen LogP contribution in [0.5, 0.6) is 0 Å². The zero-order valence-electron chi connectivity index (χ0n) is 6.41. The summed E-state index contributed by atoms with van der Waals surface area (Å²) in [6, 6.07) is 10.6. The van der Waals surface area contributed by atoms with E-state index in [1.165, 1.54) is 6.56 Å². The van der Waals surface area contributed by atoms with Crippen molar-refractivity contribution in [1.82, 2.24) is 0 Å². The summed E-state index contributed by atoms with van der Waals surface area (Å²) in [5, 5.41) is 0. The molecule has 0 fully saturated rings. The van der Waals surface area contributed by atoms with Gasteiger partial charge in [0, 0.05) is 0 Å². The van der Waals surface area contributed by atoms with Gasteiger partial charge in [-0.1, -0.05) is 0 Å². The van der Waals surface area contributed by atoms with E-state index < -0.39 is 0 Å². The molecule has 0 unspecified atom stereocenters. The van der Waals surface area contributed by atoms with Crippen molar-refractivity contribution in [2.24, 2.45) is 0 Å². The molecule has 0 heterocycles. The van der Waals surface area contributed by atoms with Crippen LogP contribution in [0.2, 0.25) is 0 Å². The first-order chi connectivity index (χ1) is 5.33. The van der Waals surface area contributed by atoms with E-state index in [1.807, 2.05) is 0 Å². The van der Waals surface area contributed by atoms with Crippen LogP contribution in [0.4, 0.5) is 0 Å². The first kappa shape index (κ1) is 9.19. The molecule has 0 saturated heterocycles. The quantitative estimate of drug-likeness (QED) is 0.760. The molecule has 0 radical (unpaired) electrons. The molecular weight excluding hydrogens is 268 g/mol. The Bertz CT molecular complexity index is 231. The summed E-state index contributed by atoms with van der Waals surface area (Å²) in [7, 11) is 0. The molecule has 0 N–H and O–H groups in total. The molecule has 0 aliphatic heterocycles. The van der Waals surface area contributed by atoms with Gasteiger partial charge in [0.15, 0.2) is 0 Å². The minimum atomic E-state index is -0.141. The van der Waals surface area contributed by atoms with Gasteiger partial charge in [-0.2, -0.15) is 0 Å². The number of thioether (sulfide) groups is 1. The third-order valence-electron chi connectivity index (χ3n) is 1.20. The molecule has 0 spiro atoms. The van der Waals surface area contributed by atoms with E-state index in [9.17, 15) is 0 Å². The Hall–Kier alpha value is 0.0996.